The maximum Gasteiger partial charge on any atom is 0.0722 e. The molecule has 0 amide bonds. The van der Waals surface area contributed by atoms with Crippen molar-refractivity contribution in [2.75, 3.05) is 0 Å². The van der Waals surface area contributed by atoms with Crippen molar-refractivity contribution < 1.29 is 0 Å². The maximum atomic E-state index is 4.19. The van der Waals surface area contributed by atoms with Crippen LogP contribution in [-0.4, -0.2) is 0 Å². The summed E-state index contributed by atoms with van der Waals surface area (Å²) in [6.07, 6.45) is 82.8. The third-order valence-electron chi connectivity index (χ3n) is 25.5. The van der Waals surface area contributed by atoms with Crippen molar-refractivity contribution in [3.05, 3.63) is 196 Å². The van der Waals surface area contributed by atoms with Crippen LogP contribution in [0.2, 0.25) is 0 Å². The summed E-state index contributed by atoms with van der Waals surface area (Å²) in [6.45, 7) is 9.29. The lowest BCUT2D eigenvalue weighted by atomic mass is 9.65. The van der Waals surface area contributed by atoms with Crippen LogP contribution in [0.1, 0.15) is 454 Å². The average Bonchev–Trinajstić information content (AvgIpc) is 1.51. The third kappa shape index (κ3) is 27.3. The number of hydrogen-bond donors (Lipinski definition) is 0. The van der Waals surface area contributed by atoms with Gasteiger partial charge in [0.2, 0.25) is 0 Å². The number of rotatable bonds is 64. The monoisotopic (exact) mass is 1620 g/mol. The van der Waals surface area contributed by atoms with E-state index in [9.17, 15) is 0 Å². The Morgan fingerprint density at radius 2 is 0.370 bits per heavy atom. The number of unbranched alkanes of at least 4 members (excludes halogenated alkanes) is 52. The molecule has 9 rings (SSSR count). The second kappa shape index (κ2) is 52.0. The molecule has 108 heavy (non-hydrogen) atoms. The Morgan fingerprint density at radius 3 is 0.546 bits per heavy atom. The molecule has 0 fully saturated rings. The Morgan fingerprint density at radius 1 is 0.204 bits per heavy atom. The molecule has 0 saturated carbocycles. The fourth-order valence-electron chi connectivity index (χ4n) is 18.9. The zero-order chi connectivity index (χ0) is 75.4. The quantitative estimate of drug-likeness (QED) is 0.0333. The lowest BCUT2D eigenvalue weighted by molar-refractivity contribution is 0.535. The number of benzene rings is 5. The summed E-state index contributed by atoms with van der Waals surface area (Å²) in [5.74, 6) is 0. The molecule has 5 aromatic carbocycles. The predicted octanol–water partition coefficient (Wildman–Crippen LogP) is 36.2. The minimum absolute atomic E-state index is 0.493. The number of hydrogen-bond acceptors (Lipinski definition) is 2. The van der Waals surface area contributed by atoms with Crippen LogP contribution >= 0.6 is 54.5 Å². The van der Waals surface area contributed by atoms with Gasteiger partial charge in [0, 0.05) is 9.75 Å². The van der Waals surface area contributed by atoms with Gasteiger partial charge < -0.3 is 0 Å². The molecule has 2 aromatic heterocycles. The molecule has 2 aliphatic rings. The van der Waals surface area contributed by atoms with E-state index in [1.165, 1.54) is 455 Å². The van der Waals surface area contributed by atoms with Crippen molar-refractivity contribution in [3.8, 4) is 20.9 Å². The molecule has 2 aliphatic carbocycles. The van der Waals surface area contributed by atoms with Crippen molar-refractivity contribution in [1.29, 1.82) is 0 Å². The van der Waals surface area contributed by atoms with Crippen molar-refractivity contribution >= 4 is 54.5 Å². The average molecular weight is 1630 g/mol. The fraction of sp³-hybridized carbons (Fsp3) is 0.635. The molecule has 0 radical (unpaired) electrons. The molecule has 0 aliphatic heterocycles. The van der Waals surface area contributed by atoms with Gasteiger partial charge in [-0.25, -0.2) is 0 Å². The Hall–Kier alpha value is -3.54. The molecule has 0 atom stereocenters. The zero-order valence-corrected chi connectivity index (χ0v) is 74.4. The minimum atomic E-state index is -0.493. The highest BCUT2D eigenvalue weighted by Crippen LogP contribution is 2.65. The summed E-state index contributed by atoms with van der Waals surface area (Å²) in [5, 5.41) is 0. The first-order chi connectivity index (χ1) is 53.4. The van der Waals surface area contributed by atoms with E-state index >= 15 is 0 Å². The molecule has 0 saturated heterocycles. The van der Waals surface area contributed by atoms with Gasteiger partial charge in [0.1, 0.15) is 0 Å². The zero-order valence-electron chi connectivity index (χ0n) is 69.5. The number of thiophene rings is 2. The van der Waals surface area contributed by atoms with E-state index in [0.29, 0.717) is 0 Å². The Bertz CT molecular complexity index is 3090. The summed E-state index contributed by atoms with van der Waals surface area (Å²) in [4.78, 5) is 2.82. The Balaban J connectivity index is 0.958. The summed E-state index contributed by atoms with van der Waals surface area (Å²) in [7, 11) is 0. The van der Waals surface area contributed by atoms with Crippen molar-refractivity contribution in [1.82, 2.24) is 0 Å². The van der Waals surface area contributed by atoms with E-state index in [-0.39, 0.29) is 0 Å². The van der Waals surface area contributed by atoms with Gasteiger partial charge in [0.15, 0.2) is 0 Å². The maximum absolute atomic E-state index is 4.19. The third-order valence-corrected chi connectivity index (χ3v) is 28.8. The molecule has 0 nitrogen and oxygen atoms in total. The first-order valence-electron chi connectivity index (χ1n) is 46.5. The van der Waals surface area contributed by atoms with Gasteiger partial charge in [-0.3, -0.25) is 0 Å². The van der Waals surface area contributed by atoms with Crippen molar-refractivity contribution in [2.24, 2.45) is 0 Å². The van der Waals surface area contributed by atoms with Gasteiger partial charge in [0.05, 0.1) is 18.4 Å². The number of aryl methyl sites for hydroxylation is 4. The molecule has 0 N–H and O–H groups in total. The van der Waals surface area contributed by atoms with Gasteiger partial charge >= 0.3 is 0 Å². The van der Waals surface area contributed by atoms with Gasteiger partial charge in [-0.05, 0) is 185 Å². The van der Waals surface area contributed by atoms with Crippen LogP contribution < -0.4 is 0 Å². The molecule has 4 heteroatoms. The van der Waals surface area contributed by atoms with E-state index in [1.807, 2.05) is 22.7 Å². The Kier molecular flexibility index (Phi) is 42.6. The highest BCUT2D eigenvalue weighted by atomic mass is 79.9. The van der Waals surface area contributed by atoms with E-state index in [4.69, 9.17) is 0 Å². The predicted molar refractivity (Wildman–Crippen MR) is 488 cm³/mol. The fourth-order valence-corrected chi connectivity index (χ4v) is 22.3. The van der Waals surface area contributed by atoms with Gasteiger partial charge in [-0.1, -0.05) is 459 Å². The molecule has 0 bridgehead atoms. The minimum Gasteiger partial charge on any atom is -0.128 e. The van der Waals surface area contributed by atoms with Gasteiger partial charge in [-0.15, -0.1) is 22.7 Å². The van der Waals surface area contributed by atoms with Crippen LogP contribution in [0.3, 0.4) is 0 Å². The van der Waals surface area contributed by atoms with Crippen molar-refractivity contribution in [2.45, 2.75) is 424 Å². The Labute approximate surface area is 689 Å². The molecular weight excluding hydrogens is 1470 g/mol. The van der Waals surface area contributed by atoms with Crippen LogP contribution in [0.15, 0.2) is 129 Å². The smallest absolute Gasteiger partial charge is 0.0722 e. The molecular formula is C104H152Br2S2. The van der Waals surface area contributed by atoms with Gasteiger partial charge in [-0.2, -0.15) is 0 Å². The second-order valence-electron chi connectivity index (χ2n) is 34.2. The topological polar surface area (TPSA) is 0 Å². The number of fused-ring (bicyclic) bond motifs is 6. The SMILES string of the molecule is CCCCCCCCCCCCCCCCc1ccc(C2(c3ccc(CCCCCCCCCCCCCCCC)cc3)c3cc4c(cc3-c3sc(Br)cc32)C(c2ccc(CCCCCCCCCCCCCCCC)cc2)(c2ccc(CCCCCCCCCCCCCCCC)cc2)c2cc(Br)sc2-4)cc1. The molecule has 7 aromatic rings. The van der Waals surface area contributed by atoms with Crippen LogP contribution in [0.25, 0.3) is 20.9 Å². The summed E-state index contributed by atoms with van der Waals surface area (Å²) < 4.78 is 2.43. The van der Waals surface area contributed by atoms with E-state index in [2.05, 4.69) is 181 Å². The van der Waals surface area contributed by atoms with E-state index in [0.717, 1.165) is 25.7 Å². The summed E-state index contributed by atoms with van der Waals surface area (Å²) >= 11 is 12.3. The van der Waals surface area contributed by atoms with Crippen LogP contribution in [0.4, 0.5) is 0 Å². The van der Waals surface area contributed by atoms with Crippen molar-refractivity contribution in [3.63, 3.8) is 0 Å². The lowest BCUT2D eigenvalue weighted by Gasteiger charge is -2.35. The summed E-state index contributed by atoms with van der Waals surface area (Å²) in [6, 6.07) is 51.0. The largest absolute Gasteiger partial charge is 0.128 e. The van der Waals surface area contributed by atoms with Crippen LogP contribution in [0, 0.1) is 0 Å². The van der Waals surface area contributed by atoms with E-state index < -0.39 is 10.8 Å². The number of halogens is 2. The highest BCUT2D eigenvalue weighted by Gasteiger charge is 2.53. The lowest BCUT2D eigenvalue weighted by Crippen LogP contribution is -2.30. The highest BCUT2D eigenvalue weighted by molar-refractivity contribution is 9.11. The van der Waals surface area contributed by atoms with Crippen LogP contribution in [0.5, 0.6) is 0 Å². The molecule has 2 heterocycles. The van der Waals surface area contributed by atoms with E-state index in [1.54, 1.807) is 0 Å². The first-order valence-corrected chi connectivity index (χ1v) is 49.8. The standard InChI is InChI=1S/C104H152Br2S2/c1-5-9-13-17-21-25-29-33-37-41-45-49-53-57-61-85-65-73-89(74-66-85)103(90-75-67-86(68-76-90)62-58-54-50-46-42-38-34-30-26-22-18-14-10-6-2)95-81-94-96(82-93(95)101-97(103)83-99(105)107-101)104(98-84-100(106)108-102(94)98,91-77-69-87(70-78-91)63-59-55-51-47-43-39-35-31-27-23-19-15-11-7-3)92-79-71-88(72-80-92)64-60-56-52-48-44-40-36-32-28-24-20-16-12-8-4/h65-84H,5-64H2,1-4H3. The molecule has 0 spiro atoms. The van der Waals surface area contributed by atoms with Crippen LogP contribution in [-0.2, 0) is 36.5 Å². The van der Waals surface area contributed by atoms with Gasteiger partial charge in [0.25, 0.3) is 0 Å². The molecule has 0 unspecified atom stereocenters. The first kappa shape index (κ1) is 88.4. The summed E-state index contributed by atoms with van der Waals surface area (Å²) in [5.41, 5.74) is 19.0. The molecule has 594 valence electrons. The second-order valence-corrected chi connectivity index (χ2v) is 39.1. The normalized spacial score (nSPS) is 13.2.